The van der Waals surface area contributed by atoms with E-state index in [1.165, 1.54) is 0 Å². The molecule has 0 saturated heterocycles. The van der Waals surface area contributed by atoms with Gasteiger partial charge in [-0.05, 0) is 55.7 Å². The second-order valence-electron chi connectivity index (χ2n) is 9.27. The van der Waals surface area contributed by atoms with Gasteiger partial charge >= 0.3 is 0 Å². The van der Waals surface area contributed by atoms with Crippen LogP contribution in [0.3, 0.4) is 0 Å². The standard InChI is InChI=1S/C34H36O4/c1-35-21-25-5-13-29(14-6-25)33(30-15-7-26(8-16-30)22-36-2)34(31-17-9-27(10-18-31)23-37-3)32-19-11-28(12-20-32)24-38-4/h5-20H,21-24H2,1-4H3. The molecule has 4 aromatic carbocycles. The third-order valence-corrected chi connectivity index (χ3v) is 6.46. The molecule has 0 atom stereocenters. The fraction of sp³-hybridized carbons (Fsp3) is 0.235. The Morgan fingerprint density at radius 3 is 0.684 bits per heavy atom. The summed E-state index contributed by atoms with van der Waals surface area (Å²) in [5.41, 5.74) is 11.4. The van der Waals surface area contributed by atoms with E-state index >= 15 is 0 Å². The molecule has 4 heteroatoms. The highest BCUT2D eigenvalue weighted by molar-refractivity contribution is 6.04. The predicted molar refractivity (Wildman–Crippen MR) is 154 cm³/mol. The van der Waals surface area contributed by atoms with Gasteiger partial charge in [0.25, 0.3) is 0 Å². The quantitative estimate of drug-likeness (QED) is 0.189. The van der Waals surface area contributed by atoms with Crippen molar-refractivity contribution < 1.29 is 18.9 Å². The van der Waals surface area contributed by atoms with Crippen molar-refractivity contribution in [1.82, 2.24) is 0 Å². The Bertz CT molecular complexity index is 1100. The van der Waals surface area contributed by atoms with E-state index in [9.17, 15) is 0 Å². The Kier molecular flexibility index (Phi) is 10.0. The van der Waals surface area contributed by atoms with E-state index in [-0.39, 0.29) is 0 Å². The van der Waals surface area contributed by atoms with E-state index in [4.69, 9.17) is 18.9 Å². The van der Waals surface area contributed by atoms with Crippen LogP contribution in [0.1, 0.15) is 44.5 Å². The van der Waals surface area contributed by atoms with Gasteiger partial charge in [-0.3, -0.25) is 0 Å². The maximum atomic E-state index is 5.35. The van der Waals surface area contributed by atoms with Crippen LogP contribution < -0.4 is 0 Å². The maximum Gasteiger partial charge on any atom is 0.0713 e. The smallest absolute Gasteiger partial charge is 0.0713 e. The first-order valence-corrected chi connectivity index (χ1v) is 12.7. The molecule has 0 aromatic heterocycles. The van der Waals surface area contributed by atoms with E-state index in [0.29, 0.717) is 26.4 Å². The second kappa shape index (κ2) is 13.8. The van der Waals surface area contributed by atoms with E-state index in [1.54, 1.807) is 28.4 Å². The zero-order valence-corrected chi connectivity index (χ0v) is 22.7. The molecule has 0 aliphatic rings. The highest BCUT2D eigenvalue weighted by Gasteiger charge is 2.17. The Morgan fingerprint density at radius 2 is 0.526 bits per heavy atom. The average molecular weight is 509 g/mol. The molecular formula is C34H36O4. The lowest BCUT2D eigenvalue weighted by molar-refractivity contribution is 0.185. The van der Waals surface area contributed by atoms with Gasteiger partial charge in [-0.2, -0.15) is 0 Å². The van der Waals surface area contributed by atoms with Crippen LogP contribution in [0.2, 0.25) is 0 Å². The van der Waals surface area contributed by atoms with Gasteiger partial charge in [0.15, 0.2) is 0 Å². The van der Waals surface area contributed by atoms with Crippen LogP contribution in [0.15, 0.2) is 97.1 Å². The lowest BCUT2D eigenvalue weighted by Gasteiger charge is -2.19. The van der Waals surface area contributed by atoms with Crippen molar-refractivity contribution in [1.29, 1.82) is 0 Å². The number of benzene rings is 4. The summed E-state index contributed by atoms with van der Waals surface area (Å²) in [6, 6.07) is 34.6. The summed E-state index contributed by atoms with van der Waals surface area (Å²) in [7, 11) is 6.89. The van der Waals surface area contributed by atoms with Crippen molar-refractivity contribution >= 4 is 11.1 Å². The summed E-state index contributed by atoms with van der Waals surface area (Å²) in [4.78, 5) is 0. The fourth-order valence-electron chi connectivity index (χ4n) is 4.65. The van der Waals surface area contributed by atoms with Crippen molar-refractivity contribution in [3.05, 3.63) is 142 Å². The van der Waals surface area contributed by atoms with Gasteiger partial charge in [-0.25, -0.2) is 0 Å². The highest BCUT2D eigenvalue weighted by atomic mass is 16.5. The minimum Gasteiger partial charge on any atom is -0.380 e. The van der Waals surface area contributed by atoms with Crippen LogP contribution in [-0.2, 0) is 45.4 Å². The normalized spacial score (nSPS) is 10.9. The molecule has 0 amide bonds. The molecule has 38 heavy (non-hydrogen) atoms. The molecule has 0 heterocycles. The fourth-order valence-corrected chi connectivity index (χ4v) is 4.65. The van der Waals surface area contributed by atoms with Crippen molar-refractivity contribution in [2.24, 2.45) is 0 Å². The molecule has 0 aliphatic carbocycles. The first kappa shape index (κ1) is 27.5. The number of rotatable bonds is 12. The Hall–Kier alpha value is -3.54. The minimum atomic E-state index is 0.583. The Balaban J connectivity index is 1.96. The van der Waals surface area contributed by atoms with Gasteiger partial charge in [0.1, 0.15) is 0 Å². The number of ether oxygens (including phenoxy) is 4. The summed E-state index contributed by atoms with van der Waals surface area (Å²) < 4.78 is 21.4. The molecule has 4 rings (SSSR count). The minimum absolute atomic E-state index is 0.583. The summed E-state index contributed by atoms with van der Waals surface area (Å²) in [6.07, 6.45) is 0. The molecule has 0 radical (unpaired) electrons. The number of hydrogen-bond acceptors (Lipinski definition) is 4. The summed E-state index contributed by atoms with van der Waals surface area (Å²) in [5, 5.41) is 0. The molecule has 196 valence electrons. The molecule has 0 saturated carbocycles. The van der Waals surface area contributed by atoms with Crippen LogP contribution in [0.4, 0.5) is 0 Å². The predicted octanol–water partition coefficient (Wildman–Crippen LogP) is 7.28. The van der Waals surface area contributed by atoms with Crippen molar-refractivity contribution in [2.75, 3.05) is 28.4 Å². The first-order valence-electron chi connectivity index (χ1n) is 12.7. The van der Waals surface area contributed by atoms with Crippen LogP contribution in [-0.4, -0.2) is 28.4 Å². The van der Waals surface area contributed by atoms with Gasteiger partial charge in [0.05, 0.1) is 26.4 Å². The van der Waals surface area contributed by atoms with Crippen LogP contribution in [0.25, 0.3) is 11.1 Å². The molecule has 0 unspecified atom stereocenters. The summed E-state index contributed by atoms with van der Waals surface area (Å²) >= 11 is 0. The van der Waals surface area contributed by atoms with E-state index in [0.717, 1.165) is 55.7 Å². The van der Waals surface area contributed by atoms with Gasteiger partial charge in [-0.15, -0.1) is 0 Å². The Labute approximate surface area is 226 Å². The average Bonchev–Trinajstić information content (AvgIpc) is 2.95. The van der Waals surface area contributed by atoms with Gasteiger partial charge in [0, 0.05) is 28.4 Å². The molecule has 0 N–H and O–H groups in total. The van der Waals surface area contributed by atoms with Crippen molar-refractivity contribution in [3.8, 4) is 0 Å². The molecule has 4 nitrogen and oxygen atoms in total. The van der Waals surface area contributed by atoms with Crippen LogP contribution in [0, 0.1) is 0 Å². The van der Waals surface area contributed by atoms with E-state index < -0.39 is 0 Å². The van der Waals surface area contributed by atoms with Crippen LogP contribution >= 0.6 is 0 Å². The lowest BCUT2D eigenvalue weighted by atomic mass is 9.85. The topological polar surface area (TPSA) is 36.9 Å². The number of methoxy groups -OCH3 is 4. The second-order valence-corrected chi connectivity index (χ2v) is 9.27. The lowest BCUT2D eigenvalue weighted by Crippen LogP contribution is -2.00. The molecule has 0 bridgehead atoms. The zero-order valence-electron chi connectivity index (χ0n) is 22.7. The Morgan fingerprint density at radius 1 is 0.342 bits per heavy atom. The largest absolute Gasteiger partial charge is 0.380 e. The maximum absolute atomic E-state index is 5.35. The monoisotopic (exact) mass is 508 g/mol. The summed E-state index contributed by atoms with van der Waals surface area (Å²) in [5.74, 6) is 0. The van der Waals surface area contributed by atoms with E-state index in [1.807, 2.05) is 0 Å². The number of hydrogen-bond donors (Lipinski definition) is 0. The van der Waals surface area contributed by atoms with Gasteiger partial charge in [0.2, 0.25) is 0 Å². The van der Waals surface area contributed by atoms with Gasteiger partial charge in [-0.1, -0.05) is 97.1 Å². The van der Waals surface area contributed by atoms with Crippen LogP contribution in [0.5, 0.6) is 0 Å². The molecule has 0 spiro atoms. The summed E-state index contributed by atoms with van der Waals surface area (Å²) in [6.45, 7) is 2.33. The first-order chi connectivity index (χ1) is 18.7. The highest BCUT2D eigenvalue weighted by Crippen LogP contribution is 2.37. The zero-order chi connectivity index (χ0) is 26.7. The van der Waals surface area contributed by atoms with Gasteiger partial charge < -0.3 is 18.9 Å². The van der Waals surface area contributed by atoms with E-state index in [2.05, 4.69) is 97.1 Å². The molecular weight excluding hydrogens is 472 g/mol. The SMILES string of the molecule is COCc1ccc(C(=C(c2ccc(COC)cc2)c2ccc(COC)cc2)c2ccc(COC)cc2)cc1. The molecule has 0 aliphatic heterocycles. The van der Waals surface area contributed by atoms with Crippen molar-refractivity contribution in [3.63, 3.8) is 0 Å². The third kappa shape index (κ3) is 6.85. The third-order valence-electron chi connectivity index (χ3n) is 6.46. The molecule has 4 aromatic rings. The molecule has 0 fully saturated rings. The van der Waals surface area contributed by atoms with Crippen molar-refractivity contribution in [2.45, 2.75) is 26.4 Å².